The summed E-state index contributed by atoms with van der Waals surface area (Å²) in [6.45, 7) is 4.65. The normalized spacial score (nSPS) is 14.0. The monoisotopic (exact) mass is 285 g/mol. The number of aromatic carboxylic acids is 1. The molecular formula is C16H19N3O2. The Kier molecular flexibility index (Phi) is 3.64. The highest BCUT2D eigenvalue weighted by Crippen LogP contribution is 2.31. The van der Waals surface area contributed by atoms with E-state index in [0.29, 0.717) is 5.56 Å². The summed E-state index contributed by atoms with van der Waals surface area (Å²) in [5.74, 6) is -0.840. The molecule has 0 atom stereocenters. The molecule has 0 bridgehead atoms. The number of aromatic nitrogens is 2. The first-order chi connectivity index (χ1) is 10.2. The minimum atomic E-state index is -0.840. The second kappa shape index (κ2) is 5.60. The van der Waals surface area contributed by atoms with E-state index in [1.165, 1.54) is 0 Å². The fourth-order valence-corrected chi connectivity index (χ4v) is 2.95. The SMILES string of the molecule is CCn1cc(CN2CCCc3c(C(=O)O)cccc32)cn1. The Morgan fingerprint density at radius 2 is 2.29 bits per heavy atom. The van der Waals surface area contributed by atoms with Crippen LogP contribution in [-0.2, 0) is 19.5 Å². The number of carbonyl (C=O) groups is 1. The number of hydrogen-bond acceptors (Lipinski definition) is 3. The van der Waals surface area contributed by atoms with Crippen LogP contribution in [0.4, 0.5) is 5.69 Å². The van der Waals surface area contributed by atoms with Crippen molar-refractivity contribution in [2.75, 3.05) is 11.4 Å². The molecule has 0 saturated heterocycles. The van der Waals surface area contributed by atoms with E-state index in [9.17, 15) is 9.90 Å². The Morgan fingerprint density at radius 3 is 3.00 bits per heavy atom. The van der Waals surface area contributed by atoms with Gasteiger partial charge in [-0.1, -0.05) is 6.07 Å². The molecule has 0 radical (unpaired) electrons. The maximum atomic E-state index is 11.3. The molecule has 1 aliphatic rings. The van der Waals surface area contributed by atoms with Crippen molar-refractivity contribution in [3.63, 3.8) is 0 Å². The summed E-state index contributed by atoms with van der Waals surface area (Å²) in [4.78, 5) is 13.6. The van der Waals surface area contributed by atoms with Crippen LogP contribution in [-0.4, -0.2) is 27.4 Å². The minimum Gasteiger partial charge on any atom is -0.478 e. The first-order valence-corrected chi connectivity index (χ1v) is 7.30. The highest BCUT2D eigenvalue weighted by Gasteiger charge is 2.22. The van der Waals surface area contributed by atoms with Gasteiger partial charge in [-0.25, -0.2) is 4.79 Å². The van der Waals surface area contributed by atoms with E-state index < -0.39 is 5.97 Å². The van der Waals surface area contributed by atoms with Crippen LogP contribution in [0.15, 0.2) is 30.6 Å². The summed E-state index contributed by atoms with van der Waals surface area (Å²) in [7, 11) is 0. The first kappa shape index (κ1) is 13.7. The number of carboxylic acid groups (broad SMARTS) is 1. The second-order valence-electron chi connectivity index (χ2n) is 5.34. The van der Waals surface area contributed by atoms with Gasteiger partial charge in [-0.3, -0.25) is 4.68 Å². The quantitative estimate of drug-likeness (QED) is 0.938. The molecule has 0 amide bonds. The molecule has 21 heavy (non-hydrogen) atoms. The molecule has 5 heteroatoms. The van der Waals surface area contributed by atoms with Crippen LogP contribution < -0.4 is 4.90 Å². The lowest BCUT2D eigenvalue weighted by Crippen LogP contribution is -2.29. The Labute approximate surface area is 123 Å². The third-order valence-electron chi connectivity index (χ3n) is 3.96. The summed E-state index contributed by atoms with van der Waals surface area (Å²) in [6.07, 6.45) is 5.76. The maximum Gasteiger partial charge on any atom is 0.336 e. The van der Waals surface area contributed by atoms with Crippen molar-refractivity contribution in [3.8, 4) is 0 Å². The van der Waals surface area contributed by atoms with Gasteiger partial charge in [0.1, 0.15) is 0 Å². The molecule has 2 aromatic rings. The van der Waals surface area contributed by atoms with Crippen molar-refractivity contribution in [1.29, 1.82) is 0 Å². The predicted octanol–water partition coefficient (Wildman–Crippen LogP) is 2.55. The van der Waals surface area contributed by atoms with Crippen LogP contribution >= 0.6 is 0 Å². The van der Waals surface area contributed by atoms with E-state index in [1.807, 2.05) is 23.0 Å². The fourth-order valence-electron chi connectivity index (χ4n) is 2.95. The Hall–Kier alpha value is -2.30. The van der Waals surface area contributed by atoms with Crippen LogP contribution in [0.2, 0.25) is 0 Å². The molecule has 1 N–H and O–H groups in total. The molecule has 0 saturated carbocycles. The molecule has 0 spiro atoms. The van der Waals surface area contributed by atoms with Crippen molar-refractivity contribution in [3.05, 3.63) is 47.3 Å². The average Bonchev–Trinajstić information content (AvgIpc) is 2.94. The molecule has 0 unspecified atom stereocenters. The largest absolute Gasteiger partial charge is 0.478 e. The van der Waals surface area contributed by atoms with Crippen LogP contribution in [0.3, 0.4) is 0 Å². The highest BCUT2D eigenvalue weighted by atomic mass is 16.4. The van der Waals surface area contributed by atoms with Crippen molar-refractivity contribution >= 4 is 11.7 Å². The lowest BCUT2D eigenvalue weighted by Gasteiger charge is -2.31. The third kappa shape index (κ3) is 2.63. The smallest absolute Gasteiger partial charge is 0.336 e. The number of benzene rings is 1. The highest BCUT2D eigenvalue weighted by molar-refractivity contribution is 5.91. The van der Waals surface area contributed by atoms with Crippen molar-refractivity contribution in [2.24, 2.45) is 0 Å². The minimum absolute atomic E-state index is 0.432. The van der Waals surface area contributed by atoms with Gasteiger partial charge >= 0.3 is 5.97 Å². The van der Waals surface area contributed by atoms with Gasteiger partial charge in [0, 0.05) is 37.1 Å². The topological polar surface area (TPSA) is 58.4 Å². The number of aryl methyl sites for hydroxylation is 1. The van der Waals surface area contributed by atoms with Gasteiger partial charge in [-0.05, 0) is 37.5 Å². The van der Waals surface area contributed by atoms with Crippen LogP contribution in [0.5, 0.6) is 0 Å². The van der Waals surface area contributed by atoms with E-state index in [0.717, 1.165) is 49.3 Å². The number of nitrogens with zero attached hydrogens (tertiary/aromatic N) is 3. The predicted molar refractivity (Wildman–Crippen MR) is 80.7 cm³/mol. The Balaban J connectivity index is 1.90. The molecule has 1 aromatic carbocycles. The number of anilines is 1. The lowest BCUT2D eigenvalue weighted by atomic mass is 9.96. The second-order valence-corrected chi connectivity index (χ2v) is 5.34. The molecular weight excluding hydrogens is 266 g/mol. The fraction of sp³-hybridized carbons (Fsp3) is 0.375. The summed E-state index contributed by atoms with van der Waals surface area (Å²) in [5.41, 5.74) is 3.59. The molecule has 1 aromatic heterocycles. The van der Waals surface area contributed by atoms with Gasteiger partial charge in [0.05, 0.1) is 11.8 Å². The zero-order valence-corrected chi connectivity index (χ0v) is 12.1. The van der Waals surface area contributed by atoms with Gasteiger partial charge < -0.3 is 10.0 Å². The molecule has 3 rings (SSSR count). The van der Waals surface area contributed by atoms with Gasteiger partial charge in [-0.2, -0.15) is 5.10 Å². The van der Waals surface area contributed by atoms with E-state index in [2.05, 4.69) is 23.1 Å². The third-order valence-corrected chi connectivity index (χ3v) is 3.96. The number of hydrogen-bond donors (Lipinski definition) is 1. The maximum absolute atomic E-state index is 11.3. The average molecular weight is 285 g/mol. The molecule has 2 heterocycles. The summed E-state index contributed by atoms with van der Waals surface area (Å²) < 4.78 is 1.91. The Morgan fingerprint density at radius 1 is 1.43 bits per heavy atom. The van der Waals surface area contributed by atoms with Crippen molar-refractivity contribution in [1.82, 2.24) is 9.78 Å². The lowest BCUT2D eigenvalue weighted by molar-refractivity contribution is 0.0695. The zero-order valence-electron chi connectivity index (χ0n) is 12.1. The first-order valence-electron chi connectivity index (χ1n) is 7.30. The number of carboxylic acids is 1. The zero-order chi connectivity index (χ0) is 14.8. The van der Waals surface area contributed by atoms with Crippen molar-refractivity contribution in [2.45, 2.75) is 32.9 Å². The van der Waals surface area contributed by atoms with Gasteiger partial charge in [-0.15, -0.1) is 0 Å². The van der Waals surface area contributed by atoms with E-state index >= 15 is 0 Å². The van der Waals surface area contributed by atoms with Gasteiger partial charge in [0.15, 0.2) is 0 Å². The van der Waals surface area contributed by atoms with Crippen molar-refractivity contribution < 1.29 is 9.90 Å². The Bertz CT molecular complexity index is 663. The molecule has 0 aliphatic carbocycles. The summed E-state index contributed by atoms with van der Waals surface area (Å²) in [5, 5.41) is 13.6. The molecule has 1 aliphatic heterocycles. The number of rotatable bonds is 4. The van der Waals surface area contributed by atoms with E-state index in [4.69, 9.17) is 0 Å². The van der Waals surface area contributed by atoms with E-state index in [-0.39, 0.29) is 0 Å². The summed E-state index contributed by atoms with van der Waals surface area (Å²) >= 11 is 0. The van der Waals surface area contributed by atoms with Gasteiger partial charge in [0.2, 0.25) is 0 Å². The van der Waals surface area contributed by atoms with Crippen LogP contribution in [0, 0.1) is 0 Å². The molecule has 5 nitrogen and oxygen atoms in total. The number of fused-ring (bicyclic) bond motifs is 1. The van der Waals surface area contributed by atoms with Crippen LogP contribution in [0.1, 0.15) is 34.8 Å². The molecule has 0 fully saturated rings. The van der Waals surface area contributed by atoms with E-state index in [1.54, 1.807) is 6.07 Å². The summed E-state index contributed by atoms with van der Waals surface area (Å²) in [6, 6.07) is 5.54. The van der Waals surface area contributed by atoms with Crippen LogP contribution in [0.25, 0.3) is 0 Å². The molecule has 110 valence electrons. The van der Waals surface area contributed by atoms with Gasteiger partial charge in [0.25, 0.3) is 0 Å². The standard InChI is InChI=1S/C16H19N3O2/c1-2-19-11-12(9-17-19)10-18-8-4-6-13-14(16(20)21)5-3-7-15(13)18/h3,5,7,9,11H,2,4,6,8,10H2,1H3,(H,20,21).